The second-order valence-corrected chi connectivity index (χ2v) is 6.04. The van der Waals surface area contributed by atoms with Crippen LogP contribution in [0.15, 0.2) is 12.1 Å². The summed E-state index contributed by atoms with van der Waals surface area (Å²) in [5, 5.41) is 9.92. The highest BCUT2D eigenvalue weighted by Crippen LogP contribution is 2.31. The molecule has 0 aliphatic carbocycles. The molecule has 20 heavy (non-hydrogen) atoms. The number of hydrogen-bond acceptors (Lipinski definition) is 3. The minimum Gasteiger partial charge on any atom is -0.389 e. The molecule has 2 rings (SSSR count). The highest BCUT2D eigenvalue weighted by Gasteiger charge is 2.24. The molecule has 1 aromatic carbocycles. The zero-order chi connectivity index (χ0) is 14.9. The normalized spacial score (nSPS) is 21.4. The summed E-state index contributed by atoms with van der Waals surface area (Å²) < 4.78 is 13.8. The SMILES string of the molecule is Cc1cc(N2CCCC(N(C)C)C2)c(C(C)O)cc1F. The minimum absolute atomic E-state index is 0.245. The molecule has 3 nitrogen and oxygen atoms in total. The van der Waals surface area contributed by atoms with Crippen molar-refractivity contribution in [3.05, 3.63) is 29.1 Å². The molecular weight excluding hydrogens is 255 g/mol. The number of nitrogens with zero attached hydrogens (tertiary/aromatic N) is 2. The fourth-order valence-corrected chi connectivity index (χ4v) is 2.89. The number of hydrogen-bond donors (Lipinski definition) is 1. The van der Waals surface area contributed by atoms with Crippen LogP contribution in [-0.4, -0.2) is 43.2 Å². The first-order valence-corrected chi connectivity index (χ1v) is 7.29. The quantitative estimate of drug-likeness (QED) is 0.922. The molecule has 0 aromatic heterocycles. The van der Waals surface area contributed by atoms with Crippen molar-refractivity contribution in [1.29, 1.82) is 0 Å². The molecular formula is C16H25FN2O. The smallest absolute Gasteiger partial charge is 0.126 e. The summed E-state index contributed by atoms with van der Waals surface area (Å²) in [5.74, 6) is -0.245. The van der Waals surface area contributed by atoms with E-state index in [1.807, 2.05) is 6.07 Å². The van der Waals surface area contributed by atoms with Crippen molar-refractivity contribution < 1.29 is 9.50 Å². The number of aryl methyl sites for hydroxylation is 1. The van der Waals surface area contributed by atoms with Gasteiger partial charge in [-0.3, -0.25) is 0 Å². The van der Waals surface area contributed by atoms with Crippen LogP contribution in [0.5, 0.6) is 0 Å². The van der Waals surface area contributed by atoms with Crippen molar-refractivity contribution in [3.63, 3.8) is 0 Å². The first-order chi connectivity index (χ1) is 9.40. The minimum atomic E-state index is -0.653. The van der Waals surface area contributed by atoms with Crippen molar-refractivity contribution in [2.24, 2.45) is 0 Å². The van der Waals surface area contributed by atoms with Gasteiger partial charge in [-0.1, -0.05) is 0 Å². The van der Waals surface area contributed by atoms with Gasteiger partial charge in [-0.05, 0) is 58.5 Å². The van der Waals surface area contributed by atoms with Crippen LogP contribution in [-0.2, 0) is 0 Å². The molecule has 0 saturated carbocycles. The van der Waals surface area contributed by atoms with E-state index in [0.29, 0.717) is 17.2 Å². The maximum absolute atomic E-state index is 13.8. The molecule has 1 aliphatic heterocycles. The third-order valence-corrected chi connectivity index (χ3v) is 4.23. The summed E-state index contributed by atoms with van der Waals surface area (Å²) in [6.45, 7) is 5.37. The molecule has 0 radical (unpaired) electrons. The molecule has 0 bridgehead atoms. The van der Waals surface area contributed by atoms with Gasteiger partial charge in [-0.15, -0.1) is 0 Å². The van der Waals surface area contributed by atoms with Crippen molar-refractivity contribution in [1.82, 2.24) is 4.90 Å². The number of anilines is 1. The standard InChI is InChI=1S/C16H25FN2O/c1-11-8-16(14(12(2)20)9-15(11)17)19-7-5-6-13(10-19)18(3)4/h8-9,12-13,20H,5-7,10H2,1-4H3. The van der Waals surface area contributed by atoms with Gasteiger partial charge in [0, 0.05) is 30.4 Å². The van der Waals surface area contributed by atoms with Crippen LogP contribution in [0.1, 0.15) is 37.0 Å². The second-order valence-electron chi connectivity index (χ2n) is 6.04. The molecule has 0 amide bonds. The van der Waals surface area contributed by atoms with E-state index in [4.69, 9.17) is 0 Å². The Labute approximate surface area is 121 Å². The van der Waals surface area contributed by atoms with Gasteiger partial charge in [0.2, 0.25) is 0 Å². The lowest BCUT2D eigenvalue weighted by Crippen LogP contribution is -2.45. The van der Waals surface area contributed by atoms with E-state index < -0.39 is 6.10 Å². The van der Waals surface area contributed by atoms with Crippen molar-refractivity contribution in [2.45, 2.75) is 38.8 Å². The fourth-order valence-electron chi connectivity index (χ4n) is 2.89. The predicted molar refractivity (Wildman–Crippen MR) is 80.7 cm³/mol. The van der Waals surface area contributed by atoms with Gasteiger partial charge in [0.15, 0.2) is 0 Å². The zero-order valence-electron chi connectivity index (χ0n) is 12.9. The van der Waals surface area contributed by atoms with E-state index >= 15 is 0 Å². The lowest BCUT2D eigenvalue weighted by molar-refractivity contribution is 0.198. The molecule has 2 unspecified atom stereocenters. The summed E-state index contributed by atoms with van der Waals surface area (Å²) in [5.41, 5.74) is 2.30. The van der Waals surface area contributed by atoms with E-state index in [0.717, 1.165) is 25.2 Å². The Balaban J connectivity index is 2.33. The number of rotatable bonds is 3. The van der Waals surface area contributed by atoms with Crippen LogP contribution in [0.25, 0.3) is 0 Å². The summed E-state index contributed by atoms with van der Waals surface area (Å²) >= 11 is 0. The van der Waals surface area contributed by atoms with Crippen LogP contribution >= 0.6 is 0 Å². The van der Waals surface area contributed by atoms with Gasteiger partial charge in [-0.25, -0.2) is 4.39 Å². The van der Waals surface area contributed by atoms with Crippen LogP contribution < -0.4 is 4.90 Å². The van der Waals surface area contributed by atoms with Crippen molar-refractivity contribution in [3.8, 4) is 0 Å². The molecule has 1 heterocycles. The monoisotopic (exact) mass is 280 g/mol. The van der Waals surface area contributed by atoms with E-state index in [9.17, 15) is 9.50 Å². The van der Waals surface area contributed by atoms with E-state index in [1.165, 1.54) is 12.5 Å². The van der Waals surface area contributed by atoms with E-state index in [2.05, 4.69) is 23.9 Å². The predicted octanol–water partition coefficient (Wildman–Crippen LogP) is 2.72. The first-order valence-electron chi connectivity index (χ1n) is 7.29. The fraction of sp³-hybridized carbons (Fsp3) is 0.625. The number of piperidine rings is 1. The Morgan fingerprint density at radius 1 is 1.40 bits per heavy atom. The molecule has 1 fully saturated rings. The van der Waals surface area contributed by atoms with Crippen LogP contribution in [0.4, 0.5) is 10.1 Å². The number of aliphatic hydroxyl groups excluding tert-OH is 1. The van der Waals surface area contributed by atoms with Crippen molar-refractivity contribution >= 4 is 5.69 Å². The van der Waals surface area contributed by atoms with Gasteiger partial charge in [-0.2, -0.15) is 0 Å². The Morgan fingerprint density at radius 2 is 2.10 bits per heavy atom. The van der Waals surface area contributed by atoms with E-state index in [-0.39, 0.29) is 5.82 Å². The molecule has 0 spiro atoms. The topological polar surface area (TPSA) is 26.7 Å². The van der Waals surface area contributed by atoms with Gasteiger partial charge in [0.25, 0.3) is 0 Å². The van der Waals surface area contributed by atoms with Gasteiger partial charge in [0.1, 0.15) is 5.82 Å². The summed E-state index contributed by atoms with van der Waals surface area (Å²) in [6, 6.07) is 3.86. The van der Waals surface area contributed by atoms with Crippen molar-refractivity contribution in [2.75, 3.05) is 32.1 Å². The molecule has 1 N–H and O–H groups in total. The van der Waals surface area contributed by atoms with Crippen LogP contribution in [0, 0.1) is 12.7 Å². The van der Waals surface area contributed by atoms with Gasteiger partial charge < -0.3 is 14.9 Å². The van der Waals surface area contributed by atoms with Crippen LogP contribution in [0.3, 0.4) is 0 Å². The molecule has 112 valence electrons. The van der Waals surface area contributed by atoms with Crippen LogP contribution in [0.2, 0.25) is 0 Å². The molecule has 1 saturated heterocycles. The summed E-state index contributed by atoms with van der Waals surface area (Å²) in [6.07, 6.45) is 1.66. The average Bonchev–Trinajstić information content (AvgIpc) is 2.41. The maximum Gasteiger partial charge on any atom is 0.126 e. The number of halogens is 1. The Hall–Kier alpha value is -1.13. The zero-order valence-corrected chi connectivity index (χ0v) is 12.9. The molecule has 1 aliphatic rings. The van der Waals surface area contributed by atoms with E-state index in [1.54, 1.807) is 13.8 Å². The third-order valence-electron chi connectivity index (χ3n) is 4.23. The lowest BCUT2D eigenvalue weighted by atomic mass is 9.99. The Morgan fingerprint density at radius 3 is 2.70 bits per heavy atom. The van der Waals surface area contributed by atoms with Gasteiger partial charge >= 0.3 is 0 Å². The Kier molecular flexibility index (Phi) is 4.66. The highest BCUT2D eigenvalue weighted by atomic mass is 19.1. The highest BCUT2D eigenvalue weighted by molar-refractivity contribution is 5.57. The molecule has 1 aromatic rings. The Bertz CT molecular complexity index is 474. The second kappa shape index (κ2) is 6.10. The van der Waals surface area contributed by atoms with Gasteiger partial charge in [0.05, 0.1) is 6.10 Å². The summed E-state index contributed by atoms with van der Waals surface area (Å²) in [4.78, 5) is 4.52. The first kappa shape index (κ1) is 15.3. The molecule has 4 heteroatoms. The molecule has 2 atom stereocenters. The third kappa shape index (κ3) is 3.13. The largest absolute Gasteiger partial charge is 0.389 e. The lowest BCUT2D eigenvalue weighted by Gasteiger charge is -2.38. The number of benzene rings is 1. The summed E-state index contributed by atoms with van der Waals surface area (Å²) in [7, 11) is 4.19. The maximum atomic E-state index is 13.8. The average molecular weight is 280 g/mol. The number of aliphatic hydroxyl groups is 1. The number of likely N-dealkylation sites (N-methyl/N-ethyl adjacent to an activating group) is 1.